The van der Waals surface area contributed by atoms with Crippen LogP contribution >= 0.6 is 22.6 Å². The highest BCUT2D eigenvalue weighted by atomic mass is 127. The maximum Gasteiger partial charge on any atom is 0.254 e. The topological polar surface area (TPSA) is 22.0 Å². The van der Waals surface area contributed by atoms with Crippen molar-refractivity contribution in [3.63, 3.8) is 0 Å². The molecule has 0 unspecified atom stereocenters. The van der Waals surface area contributed by atoms with E-state index < -0.39 is 0 Å². The Morgan fingerprint density at radius 3 is 2.47 bits per heavy atom. The van der Waals surface area contributed by atoms with Gasteiger partial charge in [0.2, 0.25) is 0 Å². The molecule has 0 amide bonds. The highest BCUT2D eigenvalue weighted by Crippen LogP contribution is 2.23. The van der Waals surface area contributed by atoms with Crippen LogP contribution in [0.3, 0.4) is 0 Å². The SMILES string of the molecule is O=c1c2c(c(I)cn1Cc1ccccc1)CCCC2. The lowest BCUT2D eigenvalue weighted by molar-refractivity contribution is 0.646. The van der Waals surface area contributed by atoms with Crippen LogP contribution in [0.4, 0.5) is 0 Å². The number of nitrogens with zero attached hydrogens (tertiary/aromatic N) is 1. The van der Waals surface area contributed by atoms with Crippen molar-refractivity contribution in [3.05, 3.63) is 67.1 Å². The van der Waals surface area contributed by atoms with Crippen LogP contribution in [0.1, 0.15) is 29.5 Å². The van der Waals surface area contributed by atoms with Gasteiger partial charge in [-0.05, 0) is 59.4 Å². The van der Waals surface area contributed by atoms with E-state index in [9.17, 15) is 4.79 Å². The van der Waals surface area contributed by atoms with Gasteiger partial charge >= 0.3 is 0 Å². The standard InChI is InChI=1S/C16H16INO/c17-15-11-18(10-12-6-2-1-3-7-12)16(19)14-9-5-4-8-13(14)15/h1-3,6-7,11H,4-5,8-10H2. The molecule has 0 fully saturated rings. The molecule has 0 atom stereocenters. The maximum absolute atomic E-state index is 12.5. The predicted molar refractivity (Wildman–Crippen MR) is 85.6 cm³/mol. The maximum atomic E-state index is 12.5. The number of halogens is 1. The minimum absolute atomic E-state index is 0.207. The largest absolute Gasteiger partial charge is 0.310 e. The van der Waals surface area contributed by atoms with E-state index >= 15 is 0 Å². The van der Waals surface area contributed by atoms with Crippen LogP contribution in [-0.4, -0.2) is 4.57 Å². The van der Waals surface area contributed by atoms with Crippen LogP contribution in [0, 0.1) is 3.57 Å². The molecule has 1 aliphatic rings. The predicted octanol–water partition coefficient (Wildman–Crippen LogP) is 3.38. The van der Waals surface area contributed by atoms with Gasteiger partial charge in [0.05, 0.1) is 6.54 Å². The highest BCUT2D eigenvalue weighted by Gasteiger charge is 2.17. The van der Waals surface area contributed by atoms with Crippen molar-refractivity contribution in [3.8, 4) is 0 Å². The van der Waals surface area contributed by atoms with E-state index in [0.29, 0.717) is 6.54 Å². The summed E-state index contributed by atoms with van der Waals surface area (Å²) in [7, 11) is 0. The van der Waals surface area contributed by atoms with Gasteiger partial charge in [-0.1, -0.05) is 30.3 Å². The Kier molecular flexibility index (Phi) is 3.73. The van der Waals surface area contributed by atoms with Gasteiger partial charge < -0.3 is 4.57 Å². The molecule has 2 aromatic rings. The first-order valence-corrected chi connectivity index (χ1v) is 7.78. The quantitative estimate of drug-likeness (QED) is 0.748. The second kappa shape index (κ2) is 5.49. The third kappa shape index (κ3) is 2.61. The van der Waals surface area contributed by atoms with Crippen LogP contribution in [0.15, 0.2) is 41.3 Å². The minimum Gasteiger partial charge on any atom is -0.310 e. The van der Waals surface area contributed by atoms with Crippen molar-refractivity contribution in [2.45, 2.75) is 32.2 Å². The van der Waals surface area contributed by atoms with Crippen molar-refractivity contribution in [1.82, 2.24) is 4.57 Å². The van der Waals surface area contributed by atoms with Crippen LogP contribution in [0.25, 0.3) is 0 Å². The Bertz CT molecular complexity index is 646. The molecule has 0 radical (unpaired) electrons. The lowest BCUT2D eigenvalue weighted by Crippen LogP contribution is -2.28. The highest BCUT2D eigenvalue weighted by molar-refractivity contribution is 14.1. The second-order valence-electron chi connectivity index (χ2n) is 5.06. The molecule has 1 aromatic heterocycles. The summed E-state index contributed by atoms with van der Waals surface area (Å²) in [4.78, 5) is 12.5. The minimum atomic E-state index is 0.207. The fourth-order valence-electron chi connectivity index (χ4n) is 2.75. The van der Waals surface area contributed by atoms with E-state index in [4.69, 9.17) is 0 Å². The zero-order valence-corrected chi connectivity index (χ0v) is 12.9. The second-order valence-corrected chi connectivity index (χ2v) is 6.22. The van der Waals surface area contributed by atoms with E-state index in [1.807, 2.05) is 29.0 Å². The normalized spacial score (nSPS) is 14.2. The van der Waals surface area contributed by atoms with E-state index in [0.717, 1.165) is 24.8 Å². The zero-order chi connectivity index (χ0) is 13.2. The van der Waals surface area contributed by atoms with Gasteiger partial charge in [-0.2, -0.15) is 0 Å². The Labute approximate surface area is 126 Å². The number of aromatic nitrogens is 1. The fourth-order valence-corrected chi connectivity index (χ4v) is 3.68. The summed E-state index contributed by atoms with van der Waals surface area (Å²) in [5.41, 5.74) is 3.73. The molecule has 0 bridgehead atoms. The van der Waals surface area contributed by atoms with E-state index in [1.54, 1.807) is 0 Å². The third-order valence-electron chi connectivity index (χ3n) is 3.74. The Hall–Kier alpha value is -1.10. The summed E-state index contributed by atoms with van der Waals surface area (Å²) in [5, 5.41) is 0. The molecule has 98 valence electrons. The van der Waals surface area contributed by atoms with E-state index in [1.165, 1.54) is 21.1 Å². The Balaban J connectivity index is 2.03. The van der Waals surface area contributed by atoms with Crippen LogP contribution in [0.2, 0.25) is 0 Å². The summed E-state index contributed by atoms with van der Waals surface area (Å²) in [5.74, 6) is 0. The molecule has 1 aromatic carbocycles. The summed E-state index contributed by atoms with van der Waals surface area (Å²) in [6.45, 7) is 0.670. The lowest BCUT2D eigenvalue weighted by atomic mass is 9.93. The molecule has 0 N–H and O–H groups in total. The van der Waals surface area contributed by atoms with Crippen molar-refractivity contribution in [2.75, 3.05) is 0 Å². The molecule has 0 saturated heterocycles. The summed E-state index contributed by atoms with van der Waals surface area (Å²) >= 11 is 2.37. The number of hydrogen-bond donors (Lipinski definition) is 0. The third-order valence-corrected chi connectivity index (χ3v) is 4.67. The summed E-state index contributed by atoms with van der Waals surface area (Å²) in [6.07, 6.45) is 6.38. The van der Waals surface area contributed by atoms with E-state index in [2.05, 4.69) is 34.7 Å². The lowest BCUT2D eigenvalue weighted by Gasteiger charge is -2.19. The van der Waals surface area contributed by atoms with Crippen LogP contribution < -0.4 is 5.56 Å². The van der Waals surface area contributed by atoms with E-state index in [-0.39, 0.29) is 5.56 Å². The number of rotatable bonds is 2. The molecule has 0 spiro atoms. The fraction of sp³-hybridized carbons (Fsp3) is 0.312. The van der Waals surface area contributed by atoms with Gasteiger partial charge in [-0.15, -0.1) is 0 Å². The molecule has 1 heterocycles. The van der Waals surface area contributed by atoms with Gasteiger partial charge in [-0.3, -0.25) is 4.79 Å². The smallest absolute Gasteiger partial charge is 0.254 e. The van der Waals surface area contributed by atoms with Crippen molar-refractivity contribution in [1.29, 1.82) is 0 Å². The Morgan fingerprint density at radius 2 is 1.74 bits per heavy atom. The molecule has 0 saturated carbocycles. The van der Waals surface area contributed by atoms with Gasteiger partial charge in [0, 0.05) is 15.3 Å². The molecule has 3 rings (SSSR count). The first kappa shape index (κ1) is 12.9. The number of fused-ring (bicyclic) bond motifs is 1. The Morgan fingerprint density at radius 1 is 1.05 bits per heavy atom. The average Bonchev–Trinajstić information content (AvgIpc) is 2.46. The molecule has 3 heteroatoms. The molecule has 19 heavy (non-hydrogen) atoms. The van der Waals surface area contributed by atoms with Gasteiger partial charge in [0.1, 0.15) is 0 Å². The average molecular weight is 365 g/mol. The molecule has 1 aliphatic carbocycles. The molecular weight excluding hydrogens is 349 g/mol. The summed E-state index contributed by atoms with van der Waals surface area (Å²) in [6, 6.07) is 10.2. The van der Waals surface area contributed by atoms with Crippen LogP contribution in [0.5, 0.6) is 0 Å². The first-order valence-electron chi connectivity index (χ1n) is 6.70. The molecular formula is C16H16INO. The van der Waals surface area contributed by atoms with Crippen LogP contribution in [-0.2, 0) is 19.4 Å². The number of hydrogen-bond acceptors (Lipinski definition) is 1. The van der Waals surface area contributed by atoms with Crippen molar-refractivity contribution in [2.24, 2.45) is 0 Å². The number of pyridine rings is 1. The van der Waals surface area contributed by atoms with Crippen molar-refractivity contribution < 1.29 is 0 Å². The van der Waals surface area contributed by atoms with Crippen molar-refractivity contribution >= 4 is 22.6 Å². The monoisotopic (exact) mass is 365 g/mol. The molecule has 2 nitrogen and oxygen atoms in total. The van der Waals surface area contributed by atoms with Gasteiger partial charge in [-0.25, -0.2) is 0 Å². The van der Waals surface area contributed by atoms with Gasteiger partial charge in [0.15, 0.2) is 0 Å². The van der Waals surface area contributed by atoms with Gasteiger partial charge in [0.25, 0.3) is 5.56 Å². The first-order chi connectivity index (χ1) is 9.25. The number of benzene rings is 1. The summed E-state index contributed by atoms with van der Waals surface area (Å²) < 4.78 is 3.10. The zero-order valence-electron chi connectivity index (χ0n) is 10.7. The molecule has 0 aliphatic heterocycles.